The minimum atomic E-state index is -0.751. The summed E-state index contributed by atoms with van der Waals surface area (Å²) < 4.78 is 12.0. The van der Waals surface area contributed by atoms with Gasteiger partial charge >= 0.3 is 0 Å². The van der Waals surface area contributed by atoms with Crippen molar-refractivity contribution in [1.82, 2.24) is 25.3 Å². The molecule has 2 saturated heterocycles. The Morgan fingerprint density at radius 1 is 1.00 bits per heavy atom. The summed E-state index contributed by atoms with van der Waals surface area (Å²) in [4.78, 5) is 61.7. The van der Waals surface area contributed by atoms with E-state index < -0.39 is 36.3 Å². The number of amides is 4. The molecule has 56 heavy (non-hydrogen) atoms. The van der Waals surface area contributed by atoms with Crippen molar-refractivity contribution in [3.05, 3.63) is 29.8 Å². The van der Waals surface area contributed by atoms with Gasteiger partial charge in [0.05, 0.1) is 55.3 Å². The fourth-order valence-corrected chi connectivity index (χ4v) is 9.38. The minimum Gasteiger partial charge on any atom is -0.399 e. The molecule has 0 aliphatic carbocycles. The van der Waals surface area contributed by atoms with Crippen molar-refractivity contribution in [2.24, 2.45) is 29.6 Å². The summed E-state index contributed by atoms with van der Waals surface area (Å²) >= 11 is 0. The summed E-state index contributed by atoms with van der Waals surface area (Å²) in [6, 6.07) is 5.25. The van der Waals surface area contributed by atoms with Crippen LogP contribution in [-0.2, 0) is 35.1 Å². The van der Waals surface area contributed by atoms with Crippen LogP contribution in [0.25, 0.3) is 0 Å². The molecule has 12 atom stereocenters. The number of rotatable bonds is 20. The molecule has 2 heterocycles. The van der Waals surface area contributed by atoms with Gasteiger partial charge in [0.1, 0.15) is 6.04 Å². The Kier molecular flexibility index (Phi) is 18.1. The number of methoxy groups -OCH3 is 2. The fraction of sp³-hybridized carbons (Fsp3) is 0.767. The quantitative estimate of drug-likeness (QED) is 0.144. The molecule has 2 aliphatic heterocycles. The second kappa shape index (κ2) is 21.5. The highest BCUT2D eigenvalue weighted by molar-refractivity contribution is 5.90. The average Bonchev–Trinajstić information content (AvgIpc) is 3.74. The lowest BCUT2D eigenvalue weighted by Crippen LogP contribution is -2.59. The Hall–Kier alpha value is -3.26. The maximum absolute atomic E-state index is 14.4. The number of ether oxygens (including phenoxy) is 2. The molecule has 13 heteroatoms. The molecule has 0 spiro atoms. The summed E-state index contributed by atoms with van der Waals surface area (Å²) in [6.45, 7) is 16.5. The number of hydrogen-bond donors (Lipinski definition) is 4. The van der Waals surface area contributed by atoms with Crippen LogP contribution in [0.5, 0.6) is 0 Å². The van der Waals surface area contributed by atoms with Crippen LogP contribution in [0.4, 0.5) is 5.69 Å². The molecule has 3 rings (SSSR count). The van der Waals surface area contributed by atoms with Crippen LogP contribution in [0.2, 0.25) is 0 Å². The lowest BCUT2D eigenvalue weighted by molar-refractivity contribution is -0.148. The number of hydrogen-bond acceptors (Lipinski definition) is 9. The van der Waals surface area contributed by atoms with Gasteiger partial charge in [-0.25, -0.2) is 0 Å². The van der Waals surface area contributed by atoms with E-state index in [1.165, 1.54) is 0 Å². The van der Waals surface area contributed by atoms with E-state index in [2.05, 4.69) is 50.2 Å². The minimum absolute atomic E-state index is 0.0186. The first-order valence-corrected chi connectivity index (χ1v) is 20.9. The Morgan fingerprint density at radius 2 is 1.64 bits per heavy atom. The molecule has 3 unspecified atom stereocenters. The van der Waals surface area contributed by atoms with Crippen LogP contribution in [0.15, 0.2) is 24.3 Å². The molecule has 13 nitrogen and oxygen atoms in total. The summed E-state index contributed by atoms with van der Waals surface area (Å²) in [5.74, 6) is -1.05. The third-order valence-electron chi connectivity index (χ3n) is 13.1. The number of nitrogens with one attached hydrogen (secondary N) is 2. The SMILES string of the molecule is CCC1[C@@H](C)C(C)[C@@H](C(=O)N[C@H](C(=O)N(C)C([C@@H](C)CC)[C@@H](CC(=O)N2CCC[C@H]2[C@H](OC)[C@@H](C)C(=O)N[C@H](CO)Cc2ccc(N)cc2)OC)C(C)C)N1C. The van der Waals surface area contributed by atoms with Gasteiger partial charge in [-0.2, -0.15) is 0 Å². The first-order chi connectivity index (χ1) is 26.5. The lowest BCUT2D eigenvalue weighted by Gasteiger charge is -2.41. The number of benzene rings is 1. The summed E-state index contributed by atoms with van der Waals surface area (Å²) in [5, 5.41) is 16.2. The zero-order valence-corrected chi connectivity index (χ0v) is 36.3. The third-order valence-corrected chi connectivity index (χ3v) is 13.1. The van der Waals surface area contributed by atoms with E-state index in [0.29, 0.717) is 37.0 Å². The number of nitrogens with two attached hydrogens (primary N) is 1. The van der Waals surface area contributed by atoms with Gasteiger partial charge in [0.25, 0.3) is 0 Å². The van der Waals surface area contributed by atoms with Gasteiger partial charge in [0, 0.05) is 39.5 Å². The van der Waals surface area contributed by atoms with Crippen LogP contribution in [0.1, 0.15) is 93.1 Å². The van der Waals surface area contributed by atoms with Gasteiger partial charge in [-0.1, -0.05) is 73.9 Å². The average molecular weight is 787 g/mol. The highest BCUT2D eigenvalue weighted by atomic mass is 16.5. The van der Waals surface area contributed by atoms with Crippen LogP contribution >= 0.6 is 0 Å². The predicted octanol–water partition coefficient (Wildman–Crippen LogP) is 3.71. The van der Waals surface area contributed by atoms with Gasteiger partial charge in [0.15, 0.2) is 0 Å². The van der Waals surface area contributed by atoms with Crippen molar-refractivity contribution >= 4 is 29.3 Å². The number of aliphatic hydroxyl groups is 1. The molecular weight excluding hydrogens is 713 g/mol. The number of likely N-dealkylation sites (tertiary alicyclic amines) is 2. The Bertz CT molecular complexity index is 1430. The van der Waals surface area contributed by atoms with Crippen LogP contribution in [0, 0.1) is 29.6 Å². The highest BCUT2D eigenvalue weighted by Gasteiger charge is 2.47. The van der Waals surface area contributed by atoms with Crippen molar-refractivity contribution in [2.75, 3.05) is 47.2 Å². The van der Waals surface area contributed by atoms with Crippen LogP contribution in [0.3, 0.4) is 0 Å². The number of anilines is 1. The van der Waals surface area contributed by atoms with Gasteiger partial charge in [-0.3, -0.25) is 24.1 Å². The van der Waals surface area contributed by atoms with Crippen molar-refractivity contribution in [3.8, 4) is 0 Å². The topological polar surface area (TPSA) is 167 Å². The maximum Gasteiger partial charge on any atom is 0.245 e. The Labute approximate surface area is 336 Å². The number of likely N-dealkylation sites (N-methyl/N-ethyl adjacent to an activating group) is 2. The molecule has 4 amide bonds. The number of nitrogens with zero attached hydrogens (tertiary/aromatic N) is 3. The molecule has 0 bridgehead atoms. The fourth-order valence-electron chi connectivity index (χ4n) is 9.38. The zero-order chi connectivity index (χ0) is 42.0. The van der Waals surface area contributed by atoms with Gasteiger partial charge in [-0.15, -0.1) is 0 Å². The summed E-state index contributed by atoms with van der Waals surface area (Å²) in [5.41, 5.74) is 7.40. The molecule has 5 N–H and O–H groups in total. The van der Waals surface area contributed by atoms with Crippen molar-refractivity contribution < 1.29 is 33.8 Å². The molecule has 1 aromatic rings. The lowest BCUT2D eigenvalue weighted by atomic mass is 9.88. The molecule has 1 aromatic carbocycles. The first-order valence-electron chi connectivity index (χ1n) is 20.9. The van der Waals surface area contributed by atoms with E-state index in [9.17, 15) is 24.3 Å². The smallest absolute Gasteiger partial charge is 0.245 e. The standard InChI is InChI=1S/C43H74N6O7/c1-13-26(5)38(48(10)43(54)37(25(3)4)46-42(53)39-28(7)27(6)33(14-2)47(39)9)35(55-11)23-36(51)49-21-15-16-34(49)40(56-12)29(8)41(52)45-32(24-50)22-30-17-19-31(44)20-18-30/h17-20,25-29,32-35,37-40,50H,13-16,21-24,44H2,1-12H3,(H,45,52)(H,46,53)/t26-,27-,28?,29+,32-,33?,34-,35+,37-,38?,39-,40+/m0/s1. The van der Waals surface area contributed by atoms with Crippen molar-refractivity contribution in [2.45, 2.75) is 142 Å². The summed E-state index contributed by atoms with van der Waals surface area (Å²) in [7, 11) is 6.89. The van der Waals surface area contributed by atoms with Crippen LogP contribution < -0.4 is 16.4 Å². The second-order valence-electron chi connectivity index (χ2n) is 17.0. The molecular formula is C43H74N6O7. The van der Waals surface area contributed by atoms with E-state index in [-0.39, 0.29) is 66.5 Å². The zero-order valence-electron chi connectivity index (χ0n) is 36.3. The molecule has 0 aromatic heterocycles. The van der Waals surface area contributed by atoms with E-state index in [1.807, 2.05) is 33.0 Å². The van der Waals surface area contributed by atoms with E-state index in [1.54, 1.807) is 50.1 Å². The number of nitrogen functional groups attached to an aromatic ring is 1. The normalized spacial score (nSPS) is 25.2. The Balaban J connectivity index is 1.76. The Morgan fingerprint density at radius 3 is 2.16 bits per heavy atom. The van der Waals surface area contributed by atoms with Crippen LogP contribution in [-0.4, -0.2) is 133 Å². The number of aliphatic hydroxyl groups excluding tert-OH is 1. The molecule has 2 aliphatic rings. The first kappa shape index (κ1) is 47.1. The second-order valence-corrected chi connectivity index (χ2v) is 17.0. The monoisotopic (exact) mass is 787 g/mol. The van der Waals surface area contributed by atoms with E-state index in [0.717, 1.165) is 24.8 Å². The van der Waals surface area contributed by atoms with Gasteiger partial charge in [-0.05, 0) is 74.1 Å². The van der Waals surface area contributed by atoms with E-state index >= 15 is 0 Å². The highest BCUT2D eigenvalue weighted by Crippen LogP contribution is 2.36. The predicted molar refractivity (Wildman–Crippen MR) is 220 cm³/mol. The van der Waals surface area contributed by atoms with Crippen molar-refractivity contribution in [3.63, 3.8) is 0 Å². The summed E-state index contributed by atoms with van der Waals surface area (Å²) in [6.07, 6.45) is 2.39. The largest absolute Gasteiger partial charge is 0.399 e. The number of carbonyl (C=O) groups is 4. The number of carbonyl (C=O) groups excluding carboxylic acids is 4. The van der Waals surface area contributed by atoms with Gasteiger partial charge in [0.2, 0.25) is 23.6 Å². The van der Waals surface area contributed by atoms with E-state index in [4.69, 9.17) is 15.2 Å². The molecule has 318 valence electrons. The maximum atomic E-state index is 14.4. The molecule has 2 fully saturated rings. The third kappa shape index (κ3) is 11.0. The molecule has 0 saturated carbocycles. The van der Waals surface area contributed by atoms with Crippen molar-refractivity contribution in [1.29, 1.82) is 0 Å². The molecule has 0 radical (unpaired) electrons. The van der Waals surface area contributed by atoms with Gasteiger partial charge < -0.3 is 40.7 Å².